The molecule has 0 bridgehead atoms. The fourth-order valence-corrected chi connectivity index (χ4v) is 4.01. The Morgan fingerprint density at radius 3 is 2.80 bits per heavy atom. The van der Waals surface area contributed by atoms with Crippen molar-refractivity contribution in [3.63, 3.8) is 0 Å². The van der Waals surface area contributed by atoms with Gasteiger partial charge < -0.3 is 9.64 Å². The third-order valence-corrected chi connectivity index (χ3v) is 5.41. The number of rotatable bonds is 3. The number of amides is 1. The van der Waals surface area contributed by atoms with Crippen LogP contribution in [0.5, 0.6) is 5.88 Å². The average Bonchev–Trinajstić information content (AvgIpc) is 3.13. The van der Waals surface area contributed by atoms with Crippen molar-refractivity contribution in [2.45, 2.75) is 30.6 Å². The Bertz CT molecular complexity index is 832. The van der Waals surface area contributed by atoms with E-state index in [4.69, 9.17) is 4.74 Å². The van der Waals surface area contributed by atoms with E-state index in [2.05, 4.69) is 9.97 Å². The van der Waals surface area contributed by atoms with Gasteiger partial charge in [-0.25, -0.2) is 9.97 Å². The Kier molecular flexibility index (Phi) is 4.44. The van der Waals surface area contributed by atoms with Gasteiger partial charge in [0, 0.05) is 56.7 Å². The minimum absolute atomic E-state index is 0.0367. The van der Waals surface area contributed by atoms with Gasteiger partial charge in [0.05, 0.1) is 0 Å². The number of hydrogen-bond donors (Lipinski definition) is 0. The van der Waals surface area contributed by atoms with E-state index >= 15 is 0 Å². The Hall–Kier alpha value is -2.35. The van der Waals surface area contributed by atoms with Crippen LogP contribution in [0, 0.1) is 0 Å². The van der Waals surface area contributed by atoms with Crippen LogP contribution >= 0.6 is 11.8 Å². The lowest BCUT2D eigenvalue weighted by molar-refractivity contribution is 0.0585. The third kappa shape index (κ3) is 3.26. The van der Waals surface area contributed by atoms with Crippen molar-refractivity contribution in [1.82, 2.24) is 19.4 Å². The summed E-state index contributed by atoms with van der Waals surface area (Å²) in [5.41, 5.74) is -0.0674. The van der Waals surface area contributed by atoms with Crippen LogP contribution in [0.3, 0.4) is 0 Å². The smallest absolute Gasteiger partial charge is 0.267 e. The summed E-state index contributed by atoms with van der Waals surface area (Å²) in [4.78, 5) is 35.3. The van der Waals surface area contributed by atoms with Gasteiger partial charge in [0.2, 0.25) is 5.88 Å². The average molecular weight is 358 g/mol. The van der Waals surface area contributed by atoms with Gasteiger partial charge in [-0.3, -0.25) is 14.2 Å². The van der Waals surface area contributed by atoms with E-state index in [1.54, 1.807) is 27.4 Å². The number of likely N-dealkylation sites (tertiary alicyclic amines) is 1. The molecule has 0 unspecified atom stereocenters. The first-order valence-electron chi connectivity index (χ1n) is 8.32. The number of aromatic nitrogens is 3. The van der Waals surface area contributed by atoms with Crippen LogP contribution in [0.4, 0.5) is 0 Å². The summed E-state index contributed by atoms with van der Waals surface area (Å²) in [6.07, 6.45) is 4.59. The molecule has 1 amide bonds. The lowest BCUT2D eigenvalue weighted by Crippen LogP contribution is -2.44. The second kappa shape index (κ2) is 6.87. The van der Waals surface area contributed by atoms with E-state index < -0.39 is 0 Å². The number of carbonyl (C=O) groups excluding carboxylic acids is 1. The van der Waals surface area contributed by atoms with Gasteiger partial charge >= 0.3 is 0 Å². The van der Waals surface area contributed by atoms with E-state index in [1.807, 2.05) is 18.2 Å². The van der Waals surface area contributed by atoms with Gasteiger partial charge in [0.15, 0.2) is 5.16 Å². The highest BCUT2D eigenvalue weighted by molar-refractivity contribution is 7.99. The molecule has 0 saturated carbocycles. The predicted octanol–water partition coefficient (Wildman–Crippen LogP) is 1.43. The van der Waals surface area contributed by atoms with Gasteiger partial charge in [-0.1, -0.05) is 17.8 Å². The van der Waals surface area contributed by atoms with E-state index in [0.717, 1.165) is 18.6 Å². The van der Waals surface area contributed by atoms with Crippen molar-refractivity contribution >= 4 is 17.7 Å². The first-order valence-corrected chi connectivity index (χ1v) is 9.30. The highest BCUT2D eigenvalue weighted by atomic mass is 32.2. The van der Waals surface area contributed by atoms with Crippen molar-refractivity contribution in [3.05, 3.63) is 46.5 Å². The minimum atomic E-state index is -0.235. The topological polar surface area (TPSA) is 77.3 Å². The first-order chi connectivity index (χ1) is 12.2. The Labute approximate surface area is 149 Å². The number of ether oxygens (including phenoxy) is 1. The van der Waals surface area contributed by atoms with Crippen LogP contribution in [0.15, 0.2) is 40.5 Å². The molecule has 4 heterocycles. The summed E-state index contributed by atoms with van der Waals surface area (Å²) in [5.74, 6) is 1.20. The molecular weight excluding hydrogens is 340 g/mol. The molecular formula is C17H18N4O3S. The monoisotopic (exact) mass is 358 g/mol. The number of carbonyl (C=O) groups is 1. The van der Waals surface area contributed by atoms with Crippen LogP contribution in [0.1, 0.15) is 23.2 Å². The molecule has 130 valence electrons. The molecule has 2 aromatic rings. The van der Waals surface area contributed by atoms with Crippen LogP contribution in [-0.2, 0) is 6.54 Å². The predicted molar refractivity (Wildman–Crippen MR) is 93.0 cm³/mol. The second-order valence-corrected chi connectivity index (χ2v) is 7.10. The van der Waals surface area contributed by atoms with Gasteiger partial charge in [-0.2, -0.15) is 0 Å². The Morgan fingerprint density at radius 2 is 2.04 bits per heavy atom. The number of piperidine rings is 1. The number of nitrogens with zero attached hydrogens (tertiary/aromatic N) is 4. The summed E-state index contributed by atoms with van der Waals surface area (Å²) in [7, 11) is 0. The fraction of sp³-hybridized carbons (Fsp3) is 0.412. The molecule has 7 nitrogen and oxygen atoms in total. The highest BCUT2D eigenvalue weighted by Gasteiger charge is 2.28. The zero-order chi connectivity index (χ0) is 17.2. The molecule has 4 rings (SSSR count). The van der Waals surface area contributed by atoms with Gasteiger partial charge in [0.1, 0.15) is 11.7 Å². The lowest BCUT2D eigenvalue weighted by atomic mass is 10.1. The van der Waals surface area contributed by atoms with Crippen molar-refractivity contribution in [2.24, 2.45) is 0 Å². The number of fused-ring (bicyclic) bond motifs is 1. The van der Waals surface area contributed by atoms with Crippen molar-refractivity contribution in [3.8, 4) is 5.88 Å². The molecule has 0 aliphatic carbocycles. The number of thioether (sulfide) groups is 1. The van der Waals surface area contributed by atoms with Gasteiger partial charge in [-0.15, -0.1) is 0 Å². The van der Waals surface area contributed by atoms with Gasteiger partial charge in [0.25, 0.3) is 11.5 Å². The molecule has 2 aliphatic rings. The fourth-order valence-electron chi connectivity index (χ4n) is 3.10. The Balaban J connectivity index is 1.41. The normalized spacial score (nSPS) is 17.4. The molecule has 0 aromatic carbocycles. The largest absolute Gasteiger partial charge is 0.474 e. The van der Waals surface area contributed by atoms with Crippen molar-refractivity contribution in [1.29, 1.82) is 0 Å². The molecule has 8 heteroatoms. The van der Waals surface area contributed by atoms with E-state index in [-0.39, 0.29) is 23.1 Å². The van der Waals surface area contributed by atoms with Gasteiger partial charge in [-0.05, 0) is 6.07 Å². The summed E-state index contributed by atoms with van der Waals surface area (Å²) in [6, 6.07) is 5.55. The molecule has 1 fully saturated rings. The van der Waals surface area contributed by atoms with E-state index in [0.29, 0.717) is 30.7 Å². The third-order valence-electron chi connectivity index (χ3n) is 4.44. The van der Waals surface area contributed by atoms with Crippen LogP contribution in [-0.4, -0.2) is 50.3 Å². The summed E-state index contributed by atoms with van der Waals surface area (Å²) < 4.78 is 7.44. The highest BCUT2D eigenvalue weighted by Crippen LogP contribution is 2.22. The summed E-state index contributed by atoms with van der Waals surface area (Å²) >= 11 is 1.54. The second-order valence-electron chi connectivity index (χ2n) is 6.04. The molecule has 25 heavy (non-hydrogen) atoms. The Morgan fingerprint density at radius 1 is 1.20 bits per heavy atom. The van der Waals surface area contributed by atoms with Crippen LogP contribution in [0.25, 0.3) is 0 Å². The maximum Gasteiger partial charge on any atom is 0.267 e. The maximum atomic E-state index is 12.7. The number of pyridine rings is 1. The quantitative estimate of drug-likeness (QED) is 0.773. The molecule has 0 atom stereocenters. The SMILES string of the molecule is O=C(c1cnc2n(c1=O)CCS2)N1CCC(Oc2ccccn2)CC1. The molecule has 0 spiro atoms. The summed E-state index contributed by atoms with van der Waals surface area (Å²) in [5, 5.41) is 0.698. The molecule has 0 radical (unpaired) electrons. The minimum Gasteiger partial charge on any atom is -0.474 e. The first kappa shape index (κ1) is 16.1. The zero-order valence-electron chi connectivity index (χ0n) is 13.6. The molecule has 2 aromatic heterocycles. The van der Waals surface area contributed by atoms with Crippen LogP contribution < -0.4 is 10.3 Å². The molecule has 1 saturated heterocycles. The van der Waals surface area contributed by atoms with Crippen molar-refractivity contribution < 1.29 is 9.53 Å². The lowest BCUT2D eigenvalue weighted by Gasteiger charge is -2.31. The molecule has 2 aliphatic heterocycles. The van der Waals surface area contributed by atoms with Crippen LogP contribution in [0.2, 0.25) is 0 Å². The van der Waals surface area contributed by atoms with Crippen molar-refractivity contribution in [2.75, 3.05) is 18.8 Å². The standard InChI is InChI=1S/C17H18N4O3S/c22-15(13-11-19-17-21(16(13)23)9-10-25-17)20-7-4-12(5-8-20)24-14-3-1-2-6-18-14/h1-3,6,11-12H,4-5,7-10H2. The summed E-state index contributed by atoms with van der Waals surface area (Å²) in [6.45, 7) is 1.74. The molecule has 0 N–H and O–H groups in total. The number of hydrogen-bond acceptors (Lipinski definition) is 6. The zero-order valence-corrected chi connectivity index (χ0v) is 14.4. The maximum absolute atomic E-state index is 12.7. The van der Waals surface area contributed by atoms with E-state index in [9.17, 15) is 9.59 Å². The van der Waals surface area contributed by atoms with E-state index in [1.165, 1.54) is 6.20 Å².